The number of carbonyl (C=O) groups excluding carboxylic acids is 1. The van der Waals surface area contributed by atoms with Gasteiger partial charge in [0.05, 0.1) is 13.1 Å². The normalized spacial score (nSPS) is 14.5. The first-order valence-corrected chi connectivity index (χ1v) is 10.4. The van der Waals surface area contributed by atoms with E-state index in [0.29, 0.717) is 19.5 Å². The number of hydrogen-bond donors (Lipinski definition) is 1. The van der Waals surface area contributed by atoms with Crippen molar-refractivity contribution in [2.45, 2.75) is 96.8 Å². The molecule has 25 heavy (non-hydrogen) atoms. The molecule has 0 amide bonds. The van der Waals surface area contributed by atoms with E-state index in [-0.39, 0.29) is 11.6 Å². The predicted octanol–water partition coefficient (Wildman–Crippen LogP) is 5.70. The number of allylic oxidation sites excluding steroid dienone is 2. The third kappa shape index (κ3) is 11.1. The maximum absolute atomic E-state index is 11.8. The van der Waals surface area contributed by atoms with Gasteiger partial charge in [-0.05, 0) is 32.1 Å². The fourth-order valence-corrected chi connectivity index (χ4v) is 3.14. The molecule has 1 aliphatic rings. The van der Waals surface area contributed by atoms with Crippen LogP contribution in [-0.4, -0.2) is 35.0 Å². The second kappa shape index (κ2) is 15.1. The van der Waals surface area contributed by atoms with Gasteiger partial charge in [0, 0.05) is 6.42 Å². The summed E-state index contributed by atoms with van der Waals surface area (Å²) in [6.45, 7) is 3.25. The fraction of sp³-hybridized carbons (Fsp3) is 0.810. The number of amidine groups is 1. The summed E-state index contributed by atoms with van der Waals surface area (Å²) in [6.07, 6.45) is 21.5. The van der Waals surface area contributed by atoms with Crippen molar-refractivity contribution >= 4 is 11.6 Å². The van der Waals surface area contributed by atoms with Gasteiger partial charge in [-0.15, -0.1) is 0 Å². The number of hydrogen-bond acceptors (Lipinski definition) is 4. The molecule has 1 aliphatic heterocycles. The van der Waals surface area contributed by atoms with Crippen molar-refractivity contribution in [1.82, 2.24) is 5.06 Å². The monoisotopic (exact) mass is 350 g/mol. The average Bonchev–Trinajstić information content (AvgIpc) is 3.04. The molecule has 0 atom stereocenters. The van der Waals surface area contributed by atoms with Crippen molar-refractivity contribution in [2.75, 3.05) is 13.1 Å². The van der Waals surface area contributed by atoms with Crippen LogP contribution in [0.4, 0.5) is 0 Å². The van der Waals surface area contributed by atoms with Gasteiger partial charge in [0.2, 0.25) is 0 Å². The van der Waals surface area contributed by atoms with Crippen LogP contribution in [0.3, 0.4) is 0 Å². The first kappa shape index (κ1) is 21.9. The molecule has 1 heterocycles. The van der Waals surface area contributed by atoms with Gasteiger partial charge in [-0.2, -0.15) is 0 Å². The van der Waals surface area contributed by atoms with Crippen LogP contribution in [0.1, 0.15) is 96.8 Å². The van der Waals surface area contributed by atoms with Gasteiger partial charge >= 0.3 is 0 Å². The molecule has 0 aromatic heterocycles. The highest BCUT2D eigenvalue weighted by Gasteiger charge is 2.21. The Labute approximate surface area is 154 Å². The highest BCUT2D eigenvalue weighted by molar-refractivity contribution is 6.38. The van der Waals surface area contributed by atoms with E-state index in [1.165, 1.54) is 70.6 Å². The minimum atomic E-state index is -0.0161. The molecule has 0 aromatic carbocycles. The molecule has 4 nitrogen and oxygen atoms in total. The number of rotatable bonds is 16. The van der Waals surface area contributed by atoms with Gasteiger partial charge in [-0.25, -0.2) is 5.06 Å². The fourth-order valence-electron chi connectivity index (χ4n) is 3.14. The van der Waals surface area contributed by atoms with E-state index in [1.807, 2.05) is 0 Å². The van der Waals surface area contributed by atoms with Gasteiger partial charge < -0.3 is 0 Å². The lowest BCUT2D eigenvalue weighted by atomic mass is 10.1. The molecule has 0 unspecified atom stereocenters. The Morgan fingerprint density at radius 2 is 1.52 bits per heavy atom. The third-order valence-electron chi connectivity index (χ3n) is 4.73. The van der Waals surface area contributed by atoms with Crippen molar-refractivity contribution in [3.8, 4) is 0 Å². The molecule has 0 saturated carbocycles. The van der Waals surface area contributed by atoms with Crippen LogP contribution in [0.15, 0.2) is 17.1 Å². The minimum absolute atomic E-state index is 0.0161. The van der Waals surface area contributed by atoms with Crippen molar-refractivity contribution in [1.29, 1.82) is 0 Å². The first-order chi connectivity index (χ1) is 12.3. The smallest absolute Gasteiger partial charge is 0.199 e. The quantitative estimate of drug-likeness (QED) is 0.287. The molecular weight excluding hydrogens is 312 g/mol. The Balaban J connectivity index is 1.82. The second-order valence-electron chi connectivity index (χ2n) is 7.09. The molecule has 0 radical (unpaired) electrons. The van der Waals surface area contributed by atoms with Gasteiger partial charge in [-0.3, -0.25) is 15.0 Å². The van der Waals surface area contributed by atoms with Gasteiger partial charge in [0.1, 0.15) is 0 Å². The topological polar surface area (TPSA) is 52.9 Å². The second-order valence-corrected chi connectivity index (χ2v) is 7.09. The number of carbonyl (C=O) groups is 1. The van der Waals surface area contributed by atoms with Crippen molar-refractivity contribution in [2.24, 2.45) is 4.99 Å². The summed E-state index contributed by atoms with van der Waals surface area (Å²) < 4.78 is 0. The zero-order chi connectivity index (χ0) is 18.2. The SMILES string of the molecule is CCCCCCCCC=CCCCCCCCC(=O)C1=NCCN1O. The zero-order valence-corrected chi connectivity index (χ0v) is 16.2. The summed E-state index contributed by atoms with van der Waals surface area (Å²) in [5.74, 6) is 0.244. The molecule has 0 spiro atoms. The Morgan fingerprint density at radius 1 is 0.960 bits per heavy atom. The number of ketones is 1. The lowest BCUT2D eigenvalue weighted by Crippen LogP contribution is -2.30. The number of aliphatic imine (C=N–C) groups is 1. The Morgan fingerprint density at radius 3 is 2.08 bits per heavy atom. The Bertz CT molecular complexity index is 405. The molecule has 0 aliphatic carbocycles. The number of unbranched alkanes of at least 4 members (excludes halogenated alkanes) is 11. The molecular formula is C21H38N2O2. The largest absolute Gasteiger partial charge is 0.291 e. The summed E-state index contributed by atoms with van der Waals surface area (Å²) in [6, 6.07) is 0. The minimum Gasteiger partial charge on any atom is -0.291 e. The summed E-state index contributed by atoms with van der Waals surface area (Å²) in [4.78, 5) is 15.9. The molecule has 0 bridgehead atoms. The number of hydroxylamine groups is 2. The molecule has 4 heteroatoms. The lowest BCUT2D eigenvalue weighted by molar-refractivity contribution is -0.115. The van der Waals surface area contributed by atoms with Gasteiger partial charge in [0.15, 0.2) is 11.6 Å². The summed E-state index contributed by atoms with van der Waals surface area (Å²) in [5.41, 5.74) is 0. The van der Waals surface area contributed by atoms with Crippen LogP contribution in [0.2, 0.25) is 0 Å². The van der Waals surface area contributed by atoms with Crippen molar-refractivity contribution in [3.63, 3.8) is 0 Å². The molecule has 1 N–H and O–H groups in total. The van der Waals surface area contributed by atoms with Crippen LogP contribution in [-0.2, 0) is 4.79 Å². The van der Waals surface area contributed by atoms with Crippen LogP contribution in [0, 0.1) is 0 Å². The van der Waals surface area contributed by atoms with E-state index in [9.17, 15) is 10.0 Å². The Hall–Kier alpha value is -1.16. The standard InChI is InChI=1S/C21H38N2O2/c1-2-3-4-5-6-7-8-9-10-11-12-13-14-15-16-17-20(24)21-22-18-19-23(21)25/h9-10,25H,2-8,11-19H2,1H3. The van der Waals surface area contributed by atoms with Gasteiger partial charge in [0.25, 0.3) is 0 Å². The maximum Gasteiger partial charge on any atom is 0.199 e. The van der Waals surface area contributed by atoms with Crippen LogP contribution in [0.5, 0.6) is 0 Å². The van der Waals surface area contributed by atoms with Crippen LogP contribution in [0.25, 0.3) is 0 Å². The summed E-state index contributed by atoms with van der Waals surface area (Å²) in [7, 11) is 0. The van der Waals surface area contributed by atoms with E-state index in [0.717, 1.165) is 17.9 Å². The highest BCUT2D eigenvalue weighted by Crippen LogP contribution is 2.11. The summed E-state index contributed by atoms with van der Waals surface area (Å²) in [5, 5.41) is 10.4. The van der Waals surface area contributed by atoms with E-state index in [2.05, 4.69) is 24.1 Å². The van der Waals surface area contributed by atoms with E-state index < -0.39 is 0 Å². The molecule has 0 fully saturated rings. The van der Waals surface area contributed by atoms with Crippen molar-refractivity contribution in [3.05, 3.63) is 12.2 Å². The number of nitrogens with zero attached hydrogens (tertiary/aromatic N) is 2. The van der Waals surface area contributed by atoms with Crippen LogP contribution < -0.4 is 0 Å². The average molecular weight is 351 g/mol. The zero-order valence-electron chi connectivity index (χ0n) is 16.2. The first-order valence-electron chi connectivity index (χ1n) is 10.4. The molecule has 144 valence electrons. The van der Waals surface area contributed by atoms with Gasteiger partial charge in [-0.1, -0.05) is 70.4 Å². The molecule has 1 rings (SSSR count). The predicted molar refractivity (Wildman–Crippen MR) is 105 cm³/mol. The summed E-state index contributed by atoms with van der Waals surface area (Å²) >= 11 is 0. The van der Waals surface area contributed by atoms with E-state index in [4.69, 9.17) is 0 Å². The van der Waals surface area contributed by atoms with E-state index in [1.54, 1.807) is 0 Å². The molecule has 0 aromatic rings. The highest BCUT2D eigenvalue weighted by atomic mass is 16.5. The lowest BCUT2D eigenvalue weighted by Gasteiger charge is -2.09. The van der Waals surface area contributed by atoms with Crippen LogP contribution >= 0.6 is 0 Å². The third-order valence-corrected chi connectivity index (χ3v) is 4.73. The van der Waals surface area contributed by atoms with Crippen molar-refractivity contribution < 1.29 is 10.0 Å². The number of Topliss-reactive ketones (excluding diaryl/α,β-unsaturated/α-hetero) is 1. The molecule has 0 saturated heterocycles. The Kier molecular flexibility index (Phi) is 13.2. The van der Waals surface area contributed by atoms with E-state index >= 15 is 0 Å². The maximum atomic E-state index is 11.8.